The van der Waals surface area contributed by atoms with Crippen molar-refractivity contribution in [3.8, 4) is 6.07 Å². The zero-order chi connectivity index (χ0) is 15.0. The molecule has 1 saturated carbocycles. The van der Waals surface area contributed by atoms with Crippen molar-refractivity contribution in [3.05, 3.63) is 45.0 Å². The molecule has 0 unspecified atom stereocenters. The molecule has 0 saturated heterocycles. The highest BCUT2D eigenvalue weighted by molar-refractivity contribution is 7.17. The third-order valence-corrected chi connectivity index (χ3v) is 4.88. The fraction of sp³-hybridized carbons (Fsp3) is 0.267. The third kappa shape index (κ3) is 2.82. The molecule has 3 nitrogen and oxygen atoms in total. The van der Waals surface area contributed by atoms with Gasteiger partial charge in [0.1, 0.15) is 16.8 Å². The molecule has 1 aromatic heterocycles. The topological polar surface area (TPSA) is 61.8 Å². The summed E-state index contributed by atoms with van der Waals surface area (Å²) in [7, 11) is 0. The highest BCUT2D eigenvalue weighted by Gasteiger charge is 2.31. The number of nitrogen functional groups attached to an aromatic ring is 1. The van der Waals surface area contributed by atoms with Crippen LogP contribution in [0.1, 0.15) is 34.8 Å². The minimum atomic E-state index is -0.425. The van der Waals surface area contributed by atoms with Crippen LogP contribution >= 0.6 is 22.9 Å². The van der Waals surface area contributed by atoms with E-state index in [1.54, 1.807) is 12.1 Å². The summed E-state index contributed by atoms with van der Waals surface area (Å²) in [5.74, 6) is 0.0360. The molecule has 2 aromatic rings. The van der Waals surface area contributed by atoms with Crippen molar-refractivity contribution in [3.63, 3.8) is 0 Å². The van der Waals surface area contributed by atoms with Crippen LogP contribution in [-0.4, -0.2) is 0 Å². The SMILES string of the molecule is N#Cc1sc(NCc2ccc(F)c(Cl)c2)c(C2CC2)c1N. The van der Waals surface area contributed by atoms with E-state index in [9.17, 15) is 4.39 Å². The quantitative estimate of drug-likeness (QED) is 0.872. The molecule has 0 atom stereocenters. The van der Waals surface area contributed by atoms with E-state index in [4.69, 9.17) is 22.6 Å². The first-order valence-corrected chi connectivity index (χ1v) is 7.79. The van der Waals surface area contributed by atoms with Gasteiger partial charge in [-0.3, -0.25) is 0 Å². The Hall–Kier alpha value is -1.77. The fourth-order valence-corrected chi connectivity index (χ4v) is 3.48. The first kappa shape index (κ1) is 14.2. The fourth-order valence-electron chi connectivity index (χ4n) is 2.28. The normalized spacial score (nSPS) is 14.0. The summed E-state index contributed by atoms with van der Waals surface area (Å²) in [5.41, 5.74) is 8.59. The molecule has 1 heterocycles. The average molecular weight is 322 g/mol. The van der Waals surface area contributed by atoms with Crippen LogP contribution in [0.4, 0.5) is 15.1 Å². The maximum Gasteiger partial charge on any atom is 0.141 e. The minimum Gasteiger partial charge on any atom is -0.397 e. The summed E-state index contributed by atoms with van der Waals surface area (Å²) >= 11 is 7.15. The molecule has 0 aliphatic heterocycles. The zero-order valence-electron chi connectivity index (χ0n) is 11.1. The molecule has 0 radical (unpaired) electrons. The average Bonchev–Trinajstić information content (AvgIpc) is 3.25. The van der Waals surface area contributed by atoms with Gasteiger partial charge in [-0.1, -0.05) is 17.7 Å². The lowest BCUT2D eigenvalue weighted by molar-refractivity contribution is 0.627. The second-order valence-corrected chi connectivity index (χ2v) is 6.50. The molecule has 0 amide bonds. The van der Waals surface area contributed by atoms with E-state index in [1.807, 2.05) is 0 Å². The first-order chi connectivity index (χ1) is 10.1. The van der Waals surface area contributed by atoms with Crippen molar-refractivity contribution >= 4 is 33.6 Å². The molecule has 108 valence electrons. The summed E-state index contributed by atoms with van der Waals surface area (Å²) < 4.78 is 13.1. The zero-order valence-corrected chi connectivity index (χ0v) is 12.7. The summed E-state index contributed by atoms with van der Waals surface area (Å²) in [4.78, 5) is 0.552. The van der Waals surface area contributed by atoms with Gasteiger partial charge in [0.05, 0.1) is 15.7 Å². The Morgan fingerprint density at radius 3 is 2.86 bits per heavy atom. The molecule has 6 heteroatoms. The van der Waals surface area contributed by atoms with E-state index < -0.39 is 5.82 Å². The lowest BCUT2D eigenvalue weighted by Gasteiger charge is -2.08. The Labute approximate surface area is 131 Å². The number of nitrogens with one attached hydrogen (secondary N) is 1. The van der Waals surface area contributed by atoms with Crippen molar-refractivity contribution in [1.82, 2.24) is 0 Å². The standard InChI is InChI=1S/C15H13ClFN3S/c16-10-5-8(1-4-11(10)17)7-20-15-13(9-2-3-9)14(19)12(6-18)21-15/h1,4-5,9,20H,2-3,7,19H2. The van der Waals surface area contributed by atoms with E-state index in [2.05, 4.69) is 11.4 Å². The van der Waals surface area contributed by atoms with Crippen LogP contribution in [0, 0.1) is 17.1 Å². The van der Waals surface area contributed by atoms with Gasteiger partial charge < -0.3 is 11.1 Å². The van der Waals surface area contributed by atoms with Crippen LogP contribution in [0.15, 0.2) is 18.2 Å². The van der Waals surface area contributed by atoms with Crippen LogP contribution in [0.2, 0.25) is 5.02 Å². The Morgan fingerprint density at radius 2 is 2.24 bits per heavy atom. The molecule has 0 spiro atoms. The second-order valence-electron chi connectivity index (χ2n) is 5.08. The number of hydrogen-bond acceptors (Lipinski definition) is 4. The number of thiophene rings is 1. The monoisotopic (exact) mass is 321 g/mol. The van der Waals surface area contributed by atoms with Crippen LogP contribution < -0.4 is 11.1 Å². The Balaban J connectivity index is 1.81. The van der Waals surface area contributed by atoms with Gasteiger partial charge in [0.2, 0.25) is 0 Å². The molecular weight excluding hydrogens is 309 g/mol. The van der Waals surface area contributed by atoms with E-state index in [0.29, 0.717) is 23.0 Å². The van der Waals surface area contributed by atoms with Crippen molar-refractivity contribution in [2.24, 2.45) is 0 Å². The predicted molar refractivity (Wildman–Crippen MR) is 84.2 cm³/mol. The van der Waals surface area contributed by atoms with Crippen LogP contribution in [0.25, 0.3) is 0 Å². The number of halogens is 2. The van der Waals surface area contributed by atoms with Crippen molar-refractivity contribution in [2.75, 3.05) is 11.1 Å². The van der Waals surface area contributed by atoms with Crippen LogP contribution in [-0.2, 0) is 6.54 Å². The molecule has 1 aromatic carbocycles. The smallest absolute Gasteiger partial charge is 0.141 e. The van der Waals surface area contributed by atoms with Crippen molar-refractivity contribution in [2.45, 2.75) is 25.3 Å². The number of anilines is 2. The van der Waals surface area contributed by atoms with Crippen LogP contribution in [0.3, 0.4) is 0 Å². The van der Waals surface area contributed by atoms with Gasteiger partial charge in [-0.15, -0.1) is 11.3 Å². The molecule has 1 aliphatic rings. The highest BCUT2D eigenvalue weighted by Crippen LogP contribution is 2.50. The molecular formula is C15H13ClFN3S. The van der Waals surface area contributed by atoms with Gasteiger partial charge in [-0.25, -0.2) is 4.39 Å². The summed E-state index contributed by atoms with van der Waals surface area (Å²) in [6.45, 7) is 0.518. The molecule has 21 heavy (non-hydrogen) atoms. The molecule has 1 fully saturated rings. The van der Waals surface area contributed by atoms with Gasteiger partial charge in [-0.2, -0.15) is 5.26 Å². The number of benzene rings is 1. The van der Waals surface area contributed by atoms with Crippen molar-refractivity contribution < 1.29 is 4.39 Å². The van der Waals surface area contributed by atoms with E-state index in [1.165, 1.54) is 17.4 Å². The van der Waals surface area contributed by atoms with Gasteiger partial charge in [0.15, 0.2) is 0 Å². The minimum absolute atomic E-state index is 0.111. The number of hydrogen-bond donors (Lipinski definition) is 2. The lowest BCUT2D eigenvalue weighted by Crippen LogP contribution is -2.01. The molecule has 3 N–H and O–H groups in total. The van der Waals surface area contributed by atoms with Gasteiger partial charge in [-0.05, 0) is 36.5 Å². The van der Waals surface area contributed by atoms with E-state index in [0.717, 1.165) is 29.0 Å². The number of nitrogens with zero attached hydrogens (tertiary/aromatic N) is 1. The van der Waals surface area contributed by atoms with Gasteiger partial charge in [0.25, 0.3) is 0 Å². The number of rotatable bonds is 4. The predicted octanol–water partition coefficient (Wildman–Crippen LogP) is 4.48. The largest absolute Gasteiger partial charge is 0.397 e. The highest BCUT2D eigenvalue weighted by atomic mass is 35.5. The second kappa shape index (κ2) is 5.55. The van der Waals surface area contributed by atoms with E-state index >= 15 is 0 Å². The maximum absolute atomic E-state index is 13.1. The Morgan fingerprint density at radius 1 is 1.48 bits per heavy atom. The van der Waals surface area contributed by atoms with Gasteiger partial charge >= 0.3 is 0 Å². The first-order valence-electron chi connectivity index (χ1n) is 6.60. The maximum atomic E-state index is 13.1. The third-order valence-electron chi connectivity index (χ3n) is 3.51. The lowest BCUT2D eigenvalue weighted by atomic mass is 10.1. The Kier molecular flexibility index (Phi) is 3.75. The summed E-state index contributed by atoms with van der Waals surface area (Å²) in [5, 5.41) is 13.5. The van der Waals surface area contributed by atoms with Crippen LogP contribution in [0.5, 0.6) is 0 Å². The molecule has 3 rings (SSSR count). The Bertz CT molecular complexity index is 731. The molecule has 1 aliphatic carbocycles. The number of nitriles is 1. The van der Waals surface area contributed by atoms with Gasteiger partial charge in [0, 0.05) is 12.1 Å². The van der Waals surface area contributed by atoms with E-state index in [-0.39, 0.29) is 5.02 Å². The van der Waals surface area contributed by atoms with Crippen molar-refractivity contribution in [1.29, 1.82) is 5.26 Å². The molecule has 0 bridgehead atoms. The summed E-state index contributed by atoms with van der Waals surface area (Å²) in [6, 6.07) is 6.78. The summed E-state index contributed by atoms with van der Waals surface area (Å²) in [6.07, 6.45) is 2.23. The number of nitrogens with two attached hydrogens (primary N) is 1.